The van der Waals surface area contributed by atoms with Crippen molar-refractivity contribution in [2.45, 2.75) is 32.9 Å². The van der Waals surface area contributed by atoms with Crippen LogP contribution < -0.4 is 10.5 Å². The molecular formula is C15H24N2O2S. The molecule has 1 rings (SSSR count). The Labute approximate surface area is 126 Å². The topological polar surface area (TPSA) is 58.7 Å². The highest BCUT2D eigenvalue weighted by atomic mass is 32.1. The molecule has 112 valence electrons. The summed E-state index contributed by atoms with van der Waals surface area (Å²) < 4.78 is 5.25. The summed E-state index contributed by atoms with van der Waals surface area (Å²) in [5.74, 6) is 0.687. The third-order valence-electron chi connectivity index (χ3n) is 2.99. The molecule has 4 nitrogen and oxygen atoms in total. The van der Waals surface area contributed by atoms with E-state index in [9.17, 15) is 5.11 Å². The normalized spacial score (nSPS) is 11.7. The Morgan fingerprint density at radius 2 is 2.10 bits per heavy atom. The van der Waals surface area contributed by atoms with Gasteiger partial charge in [-0.15, -0.1) is 0 Å². The van der Waals surface area contributed by atoms with E-state index in [1.54, 1.807) is 7.11 Å². The first-order chi connectivity index (χ1) is 9.26. The number of rotatable bonds is 7. The average Bonchev–Trinajstić information content (AvgIpc) is 2.36. The summed E-state index contributed by atoms with van der Waals surface area (Å²) in [6, 6.07) is 5.82. The molecule has 0 aliphatic carbocycles. The largest absolute Gasteiger partial charge is 0.496 e. The van der Waals surface area contributed by atoms with Gasteiger partial charge in [0.25, 0.3) is 0 Å². The van der Waals surface area contributed by atoms with E-state index in [0.29, 0.717) is 17.3 Å². The zero-order valence-electron chi connectivity index (χ0n) is 12.6. The number of hydrogen-bond acceptors (Lipinski definition) is 4. The van der Waals surface area contributed by atoms with Gasteiger partial charge in [0.15, 0.2) is 0 Å². The highest BCUT2D eigenvalue weighted by Crippen LogP contribution is 2.21. The van der Waals surface area contributed by atoms with Gasteiger partial charge >= 0.3 is 0 Å². The third-order valence-corrected chi connectivity index (χ3v) is 3.21. The second-order valence-corrected chi connectivity index (χ2v) is 5.95. The van der Waals surface area contributed by atoms with Gasteiger partial charge in [-0.3, -0.25) is 4.90 Å². The van der Waals surface area contributed by atoms with Crippen LogP contribution in [0.5, 0.6) is 5.75 Å². The molecule has 0 unspecified atom stereocenters. The molecule has 0 saturated heterocycles. The number of nitrogens with two attached hydrogens (primary N) is 1. The van der Waals surface area contributed by atoms with E-state index >= 15 is 0 Å². The van der Waals surface area contributed by atoms with E-state index in [4.69, 9.17) is 22.7 Å². The minimum Gasteiger partial charge on any atom is -0.496 e. The van der Waals surface area contributed by atoms with Crippen molar-refractivity contribution in [2.24, 2.45) is 5.73 Å². The van der Waals surface area contributed by atoms with Crippen LogP contribution >= 0.6 is 12.2 Å². The summed E-state index contributed by atoms with van der Waals surface area (Å²) in [6.07, 6.45) is 0. The first-order valence-electron chi connectivity index (χ1n) is 6.68. The van der Waals surface area contributed by atoms with Crippen molar-refractivity contribution < 1.29 is 9.84 Å². The monoisotopic (exact) mass is 296 g/mol. The van der Waals surface area contributed by atoms with Crippen molar-refractivity contribution >= 4 is 17.2 Å². The summed E-state index contributed by atoms with van der Waals surface area (Å²) in [6.45, 7) is 7.90. The Morgan fingerprint density at radius 3 is 2.55 bits per heavy atom. The number of ether oxygens (including phenoxy) is 1. The van der Waals surface area contributed by atoms with Gasteiger partial charge in [0.1, 0.15) is 10.7 Å². The molecule has 0 aromatic heterocycles. The molecular weight excluding hydrogens is 272 g/mol. The van der Waals surface area contributed by atoms with E-state index < -0.39 is 5.60 Å². The fourth-order valence-electron chi connectivity index (χ4n) is 2.13. The summed E-state index contributed by atoms with van der Waals surface area (Å²) in [7, 11) is 1.60. The number of aliphatic hydroxyl groups is 1. The lowest BCUT2D eigenvalue weighted by Gasteiger charge is -2.28. The molecule has 0 saturated carbocycles. The van der Waals surface area contributed by atoms with Crippen LogP contribution in [0.2, 0.25) is 0 Å². The smallest absolute Gasteiger partial charge is 0.129 e. The van der Waals surface area contributed by atoms with Gasteiger partial charge < -0.3 is 15.6 Å². The van der Waals surface area contributed by atoms with Crippen LogP contribution in [0, 0.1) is 0 Å². The van der Waals surface area contributed by atoms with Gasteiger partial charge in [0, 0.05) is 13.1 Å². The maximum Gasteiger partial charge on any atom is 0.129 e. The molecule has 0 fully saturated rings. The van der Waals surface area contributed by atoms with Crippen molar-refractivity contribution in [3.05, 3.63) is 29.3 Å². The summed E-state index contributed by atoms with van der Waals surface area (Å²) in [5.41, 5.74) is 6.85. The lowest BCUT2D eigenvalue weighted by Crippen LogP contribution is -2.38. The standard InChI is InChI=1S/C15H24N2O2S/c1-5-17(10-15(2,3)18)9-11-6-7-13(19-4)12(8-11)14(16)20/h6-8,18H,5,9-10H2,1-4H3,(H2,16,20). The molecule has 0 bridgehead atoms. The second kappa shape index (κ2) is 7.02. The Hall–Kier alpha value is -1.17. The van der Waals surface area contributed by atoms with E-state index in [-0.39, 0.29) is 0 Å². The predicted octanol–water partition coefficient (Wildman–Crippen LogP) is 1.92. The Morgan fingerprint density at radius 1 is 1.45 bits per heavy atom. The van der Waals surface area contributed by atoms with E-state index in [1.165, 1.54) is 0 Å². The van der Waals surface area contributed by atoms with Gasteiger partial charge in [-0.05, 0) is 38.1 Å². The van der Waals surface area contributed by atoms with Gasteiger partial charge in [0.2, 0.25) is 0 Å². The van der Waals surface area contributed by atoms with E-state index in [0.717, 1.165) is 24.2 Å². The molecule has 0 atom stereocenters. The predicted molar refractivity (Wildman–Crippen MR) is 86.1 cm³/mol. The number of thiocarbonyl (C=S) groups is 1. The molecule has 0 spiro atoms. The summed E-state index contributed by atoms with van der Waals surface area (Å²) >= 11 is 5.05. The zero-order chi connectivity index (χ0) is 15.3. The van der Waals surface area contributed by atoms with Gasteiger partial charge in [-0.2, -0.15) is 0 Å². The third kappa shape index (κ3) is 5.07. The minimum absolute atomic E-state index is 0.328. The van der Waals surface area contributed by atoms with Crippen LogP contribution in [0.3, 0.4) is 0 Å². The maximum absolute atomic E-state index is 9.92. The molecule has 0 aliphatic rings. The van der Waals surface area contributed by atoms with Crippen LogP contribution in [0.15, 0.2) is 18.2 Å². The number of hydrogen-bond donors (Lipinski definition) is 2. The first-order valence-corrected chi connectivity index (χ1v) is 7.09. The molecule has 0 amide bonds. The van der Waals surface area contributed by atoms with Crippen LogP contribution in [0.25, 0.3) is 0 Å². The number of nitrogens with zero attached hydrogens (tertiary/aromatic N) is 1. The number of likely N-dealkylation sites (N-methyl/N-ethyl adjacent to an activating group) is 1. The molecule has 1 aromatic rings. The molecule has 1 aromatic carbocycles. The van der Waals surface area contributed by atoms with Crippen LogP contribution in [-0.4, -0.2) is 40.8 Å². The Kier molecular flexibility index (Phi) is 5.92. The lowest BCUT2D eigenvalue weighted by molar-refractivity contribution is 0.0353. The molecule has 3 N–H and O–H groups in total. The highest BCUT2D eigenvalue weighted by molar-refractivity contribution is 7.80. The zero-order valence-corrected chi connectivity index (χ0v) is 13.5. The molecule has 20 heavy (non-hydrogen) atoms. The molecule has 5 heteroatoms. The van der Waals surface area contributed by atoms with E-state index in [2.05, 4.69) is 11.8 Å². The van der Waals surface area contributed by atoms with Crippen molar-refractivity contribution in [2.75, 3.05) is 20.2 Å². The van der Waals surface area contributed by atoms with Crippen molar-refractivity contribution in [1.82, 2.24) is 4.90 Å². The molecule has 0 heterocycles. The van der Waals surface area contributed by atoms with Crippen molar-refractivity contribution in [3.63, 3.8) is 0 Å². The summed E-state index contributed by atoms with van der Waals surface area (Å²) in [4.78, 5) is 2.50. The maximum atomic E-state index is 9.92. The SMILES string of the molecule is CCN(Cc1ccc(OC)c(C(N)=S)c1)CC(C)(C)O. The fraction of sp³-hybridized carbons (Fsp3) is 0.533. The number of methoxy groups -OCH3 is 1. The minimum atomic E-state index is -0.714. The first kappa shape index (κ1) is 16.9. The molecule has 0 radical (unpaired) electrons. The summed E-state index contributed by atoms with van der Waals surface area (Å²) in [5, 5.41) is 9.92. The van der Waals surface area contributed by atoms with Gasteiger partial charge in [-0.25, -0.2) is 0 Å². The van der Waals surface area contributed by atoms with Crippen LogP contribution in [0.1, 0.15) is 31.9 Å². The highest BCUT2D eigenvalue weighted by Gasteiger charge is 2.18. The molecule has 0 aliphatic heterocycles. The van der Waals surface area contributed by atoms with E-state index in [1.807, 2.05) is 32.0 Å². The van der Waals surface area contributed by atoms with Crippen LogP contribution in [-0.2, 0) is 6.54 Å². The fourth-order valence-corrected chi connectivity index (χ4v) is 2.29. The Bertz CT molecular complexity index is 469. The second-order valence-electron chi connectivity index (χ2n) is 5.51. The van der Waals surface area contributed by atoms with Crippen molar-refractivity contribution in [3.8, 4) is 5.75 Å². The number of benzene rings is 1. The average molecular weight is 296 g/mol. The quantitative estimate of drug-likeness (QED) is 0.753. The van der Waals surface area contributed by atoms with Crippen molar-refractivity contribution in [1.29, 1.82) is 0 Å². The van der Waals surface area contributed by atoms with Gasteiger partial charge in [0.05, 0.1) is 18.3 Å². The van der Waals surface area contributed by atoms with Crippen LogP contribution in [0.4, 0.5) is 0 Å². The Balaban J connectivity index is 2.91. The lowest BCUT2D eigenvalue weighted by atomic mass is 10.1. The van der Waals surface area contributed by atoms with Gasteiger partial charge in [-0.1, -0.05) is 25.2 Å².